The number of hydrogen-bond donors (Lipinski definition) is 2. The summed E-state index contributed by atoms with van der Waals surface area (Å²) in [5.41, 5.74) is 2.16. The van der Waals surface area contributed by atoms with E-state index in [4.69, 9.17) is 0 Å². The largest absolute Gasteiger partial charge is 0.319 e. The molecule has 28 heavy (non-hydrogen) atoms. The molecule has 0 fully saturated rings. The Bertz CT molecular complexity index is 987. The van der Waals surface area contributed by atoms with Crippen LogP contribution in [0.4, 0.5) is 11.4 Å². The number of rotatable bonds is 7. The van der Waals surface area contributed by atoms with Gasteiger partial charge in [0.05, 0.1) is 10.2 Å². The number of carbonyl (C=O) groups is 1. The Morgan fingerprint density at radius 3 is 2.64 bits per heavy atom. The number of aromatic nitrogens is 3. The van der Waals surface area contributed by atoms with E-state index in [1.807, 2.05) is 24.3 Å². The first-order valence-corrected chi connectivity index (χ1v) is 9.58. The first kappa shape index (κ1) is 19.6. The van der Waals surface area contributed by atoms with Gasteiger partial charge in [-0.2, -0.15) is 0 Å². The van der Waals surface area contributed by atoms with Crippen LogP contribution in [0.3, 0.4) is 0 Å². The van der Waals surface area contributed by atoms with Gasteiger partial charge in [-0.25, -0.2) is 4.98 Å². The number of H-pyrrole nitrogens is 1. The van der Waals surface area contributed by atoms with Gasteiger partial charge < -0.3 is 5.32 Å². The van der Waals surface area contributed by atoms with E-state index in [9.17, 15) is 14.9 Å². The van der Waals surface area contributed by atoms with Crippen LogP contribution in [-0.4, -0.2) is 31.3 Å². The molecule has 144 valence electrons. The third kappa shape index (κ3) is 4.55. The lowest BCUT2D eigenvalue weighted by molar-refractivity contribution is -0.383. The predicted octanol–water partition coefficient (Wildman–Crippen LogP) is 4.06. The summed E-state index contributed by atoms with van der Waals surface area (Å²) in [6.45, 7) is 3.79. The van der Waals surface area contributed by atoms with Crippen molar-refractivity contribution in [2.45, 2.75) is 30.7 Å². The maximum Gasteiger partial charge on any atom is 0.292 e. The summed E-state index contributed by atoms with van der Waals surface area (Å²) < 4.78 is 0. The van der Waals surface area contributed by atoms with Crippen LogP contribution < -0.4 is 5.32 Å². The van der Waals surface area contributed by atoms with Gasteiger partial charge in [-0.1, -0.05) is 55.1 Å². The topological polar surface area (TPSA) is 114 Å². The van der Waals surface area contributed by atoms with E-state index in [0.717, 1.165) is 12.0 Å². The SMILES string of the molecule is CCc1ccc(-c2nc(S[C@H](C)C(=O)Nc3ccccc3[N+](=O)[O-])n[nH]2)cc1. The summed E-state index contributed by atoms with van der Waals surface area (Å²) in [7, 11) is 0. The van der Waals surface area contributed by atoms with E-state index in [1.165, 1.54) is 29.5 Å². The molecule has 9 heteroatoms. The van der Waals surface area contributed by atoms with Crippen molar-refractivity contribution in [3.8, 4) is 11.4 Å². The smallest absolute Gasteiger partial charge is 0.292 e. The minimum absolute atomic E-state index is 0.149. The molecule has 0 saturated heterocycles. The maximum absolute atomic E-state index is 12.4. The molecule has 1 amide bonds. The second kappa shape index (κ2) is 8.66. The molecule has 3 aromatic rings. The zero-order valence-corrected chi connectivity index (χ0v) is 16.2. The zero-order chi connectivity index (χ0) is 20.1. The number of amides is 1. The summed E-state index contributed by atoms with van der Waals surface area (Å²) in [5.74, 6) is 0.259. The van der Waals surface area contributed by atoms with Gasteiger partial charge in [0.15, 0.2) is 5.82 Å². The summed E-state index contributed by atoms with van der Waals surface area (Å²) in [5, 5.41) is 20.6. The monoisotopic (exact) mass is 397 g/mol. The molecule has 3 rings (SSSR count). The fourth-order valence-corrected chi connectivity index (χ4v) is 3.24. The number of thioether (sulfide) groups is 1. The van der Waals surface area contributed by atoms with E-state index in [2.05, 4.69) is 27.4 Å². The van der Waals surface area contributed by atoms with Crippen molar-refractivity contribution < 1.29 is 9.72 Å². The summed E-state index contributed by atoms with van der Waals surface area (Å²) >= 11 is 1.17. The van der Waals surface area contributed by atoms with Gasteiger partial charge in [0.1, 0.15) is 5.69 Å². The third-order valence-corrected chi connectivity index (χ3v) is 5.07. The summed E-state index contributed by atoms with van der Waals surface area (Å²) in [6, 6.07) is 14.0. The molecular formula is C19H19N5O3S. The fraction of sp³-hybridized carbons (Fsp3) is 0.211. The molecule has 2 aromatic carbocycles. The minimum atomic E-state index is -0.536. The van der Waals surface area contributed by atoms with Crippen LogP contribution in [0.15, 0.2) is 53.7 Å². The first-order valence-electron chi connectivity index (χ1n) is 8.70. The number of aromatic amines is 1. The number of carbonyl (C=O) groups excluding carboxylic acids is 1. The Morgan fingerprint density at radius 2 is 1.96 bits per heavy atom. The fourth-order valence-electron chi connectivity index (χ4n) is 2.51. The zero-order valence-electron chi connectivity index (χ0n) is 15.4. The molecule has 0 aliphatic carbocycles. The van der Waals surface area contributed by atoms with Gasteiger partial charge >= 0.3 is 0 Å². The number of nitrogens with zero attached hydrogens (tertiary/aromatic N) is 3. The number of nitro benzene ring substituents is 1. The molecule has 0 unspecified atom stereocenters. The van der Waals surface area contributed by atoms with E-state index in [1.54, 1.807) is 19.1 Å². The van der Waals surface area contributed by atoms with E-state index in [-0.39, 0.29) is 17.3 Å². The molecule has 2 N–H and O–H groups in total. The number of aryl methyl sites for hydroxylation is 1. The highest BCUT2D eigenvalue weighted by Gasteiger charge is 2.21. The molecule has 1 atom stereocenters. The second-order valence-electron chi connectivity index (χ2n) is 6.04. The Morgan fingerprint density at radius 1 is 1.25 bits per heavy atom. The number of hydrogen-bond acceptors (Lipinski definition) is 6. The Balaban J connectivity index is 1.66. The number of nitro groups is 1. The van der Waals surface area contributed by atoms with Crippen molar-refractivity contribution in [1.29, 1.82) is 0 Å². The normalized spacial score (nSPS) is 11.8. The van der Waals surface area contributed by atoms with Crippen LogP contribution in [0, 0.1) is 10.1 Å². The molecule has 0 bridgehead atoms. The first-order chi connectivity index (χ1) is 13.5. The highest BCUT2D eigenvalue weighted by molar-refractivity contribution is 8.00. The molecule has 1 aromatic heterocycles. The molecule has 0 radical (unpaired) electrons. The van der Waals surface area contributed by atoms with Crippen LogP contribution in [0.25, 0.3) is 11.4 Å². The predicted molar refractivity (Wildman–Crippen MR) is 108 cm³/mol. The lowest BCUT2D eigenvalue weighted by atomic mass is 10.1. The molecule has 0 aliphatic rings. The van der Waals surface area contributed by atoms with Gasteiger partial charge in [-0.15, -0.1) is 5.10 Å². The van der Waals surface area contributed by atoms with Crippen LogP contribution in [0.1, 0.15) is 19.4 Å². The number of anilines is 1. The third-order valence-electron chi connectivity index (χ3n) is 4.11. The molecule has 1 heterocycles. The summed E-state index contributed by atoms with van der Waals surface area (Å²) in [4.78, 5) is 27.4. The van der Waals surface area contributed by atoms with Crippen LogP contribution in [0.5, 0.6) is 0 Å². The van der Waals surface area contributed by atoms with Crippen molar-refractivity contribution in [3.05, 3.63) is 64.2 Å². The Hall–Kier alpha value is -3.20. The minimum Gasteiger partial charge on any atom is -0.319 e. The lowest BCUT2D eigenvalue weighted by Gasteiger charge is -2.10. The van der Waals surface area contributed by atoms with Crippen molar-refractivity contribution in [1.82, 2.24) is 15.2 Å². The average molecular weight is 397 g/mol. The van der Waals surface area contributed by atoms with Gasteiger partial charge in [0.25, 0.3) is 5.69 Å². The average Bonchev–Trinajstić information content (AvgIpc) is 3.16. The molecule has 0 saturated carbocycles. The second-order valence-corrected chi connectivity index (χ2v) is 7.35. The standard InChI is InChI=1S/C19H19N5O3S/c1-3-13-8-10-14(11-9-13)17-21-19(23-22-17)28-12(2)18(25)20-15-6-4-5-7-16(15)24(26)27/h4-12H,3H2,1-2H3,(H,20,25)(H,21,22,23)/t12-/m1/s1. The van der Waals surface area contributed by atoms with Crippen molar-refractivity contribution >= 4 is 29.0 Å². The quantitative estimate of drug-likeness (QED) is 0.353. The van der Waals surface area contributed by atoms with Crippen LogP contribution in [0.2, 0.25) is 0 Å². The molecule has 0 aliphatic heterocycles. The van der Waals surface area contributed by atoms with Crippen molar-refractivity contribution in [3.63, 3.8) is 0 Å². The summed E-state index contributed by atoms with van der Waals surface area (Å²) in [6.07, 6.45) is 0.962. The number of para-hydroxylation sites is 2. The van der Waals surface area contributed by atoms with Gasteiger partial charge in [0.2, 0.25) is 11.1 Å². The van der Waals surface area contributed by atoms with E-state index in [0.29, 0.717) is 11.0 Å². The highest BCUT2D eigenvalue weighted by atomic mass is 32.2. The molecule has 0 spiro atoms. The van der Waals surface area contributed by atoms with Gasteiger partial charge in [0, 0.05) is 11.6 Å². The highest BCUT2D eigenvalue weighted by Crippen LogP contribution is 2.27. The maximum atomic E-state index is 12.4. The van der Waals surface area contributed by atoms with Gasteiger partial charge in [-0.3, -0.25) is 20.0 Å². The van der Waals surface area contributed by atoms with Crippen molar-refractivity contribution in [2.24, 2.45) is 0 Å². The number of benzene rings is 2. The Labute approximate surface area is 165 Å². The van der Waals surface area contributed by atoms with Crippen LogP contribution in [-0.2, 0) is 11.2 Å². The van der Waals surface area contributed by atoms with Crippen molar-refractivity contribution in [2.75, 3.05) is 5.32 Å². The van der Waals surface area contributed by atoms with E-state index < -0.39 is 10.2 Å². The lowest BCUT2D eigenvalue weighted by Crippen LogP contribution is -2.23. The Kier molecular flexibility index (Phi) is 6.05. The van der Waals surface area contributed by atoms with Gasteiger partial charge in [-0.05, 0) is 25.0 Å². The van der Waals surface area contributed by atoms with E-state index >= 15 is 0 Å². The van der Waals surface area contributed by atoms with Crippen LogP contribution >= 0.6 is 11.8 Å². The molecular weight excluding hydrogens is 378 g/mol. The number of nitrogens with one attached hydrogen (secondary N) is 2. The molecule has 8 nitrogen and oxygen atoms in total.